The number of nitrogens with zero attached hydrogens (tertiary/aromatic N) is 4. The lowest BCUT2D eigenvalue weighted by Gasteiger charge is -2.51. The molecule has 2 heterocycles. The second-order valence-corrected chi connectivity index (χ2v) is 13.5. The first kappa shape index (κ1) is 29.1. The number of aromatic nitrogens is 3. The number of carboxylic acids is 1. The van der Waals surface area contributed by atoms with E-state index in [1.165, 1.54) is 0 Å². The van der Waals surface area contributed by atoms with Gasteiger partial charge in [0, 0.05) is 12.2 Å². The third kappa shape index (κ3) is 4.34. The van der Waals surface area contributed by atoms with Crippen LogP contribution in [0.2, 0.25) is 5.02 Å². The van der Waals surface area contributed by atoms with Gasteiger partial charge in [-0.05, 0) is 68.6 Å². The molecule has 1 N–H and O–H groups in total. The second kappa shape index (κ2) is 9.49. The Balaban J connectivity index is 1.36. The monoisotopic (exact) mass is 610 g/mol. The summed E-state index contributed by atoms with van der Waals surface area (Å²) in [4.78, 5) is 44.0. The van der Waals surface area contributed by atoms with Crippen molar-refractivity contribution in [2.75, 3.05) is 6.54 Å². The molecular weight excluding hydrogens is 580 g/mol. The summed E-state index contributed by atoms with van der Waals surface area (Å²) in [5, 5.41) is 13.6. The van der Waals surface area contributed by atoms with Crippen LogP contribution in [-0.2, 0) is 16.5 Å². The van der Waals surface area contributed by atoms with Crippen LogP contribution in [0.1, 0.15) is 91.6 Å². The molecule has 8 nitrogen and oxygen atoms in total. The summed E-state index contributed by atoms with van der Waals surface area (Å²) in [5.74, 6) is -3.23. The topological polar surface area (TPSA) is 105 Å². The van der Waals surface area contributed by atoms with E-state index in [0.717, 1.165) is 28.2 Å². The summed E-state index contributed by atoms with van der Waals surface area (Å²) in [5.41, 5.74) is -4.30. The zero-order chi connectivity index (χ0) is 30.4. The molecule has 0 aliphatic heterocycles. The molecule has 5 aliphatic rings. The van der Waals surface area contributed by atoms with E-state index in [9.17, 15) is 37.1 Å². The molecule has 42 heavy (non-hydrogen) atoms. The average molecular weight is 611 g/mol. The molecule has 5 saturated carbocycles. The Bertz CT molecular complexity index is 1430. The molecule has 2 aromatic heterocycles. The van der Waals surface area contributed by atoms with Crippen molar-refractivity contribution in [1.82, 2.24) is 19.7 Å². The molecule has 0 aromatic carbocycles. The Hall–Kier alpha value is -3.02. The Labute approximate surface area is 244 Å². The number of carbonyl (C=O) groups excluding carboxylic acids is 2. The molecule has 13 heteroatoms. The van der Waals surface area contributed by atoms with Crippen molar-refractivity contribution in [1.29, 1.82) is 0 Å². The molecule has 0 saturated heterocycles. The maximum absolute atomic E-state index is 14.8. The molecule has 2 bridgehead atoms. The van der Waals surface area contributed by atoms with Gasteiger partial charge in [0.05, 0.1) is 46.0 Å². The van der Waals surface area contributed by atoms with E-state index in [0.29, 0.717) is 12.8 Å². The first-order valence-corrected chi connectivity index (χ1v) is 14.5. The maximum Gasteiger partial charge on any atom is 0.433 e. The minimum absolute atomic E-state index is 0.0457. The number of ketones is 1. The highest BCUT2D eigenvalue weighted by Gasteiger charge is 2.63. The molecule has 1 amide bonds. The number of Topliss-reactive ketones (excluding diaryl/α,β-unsaturated/α-hetero) is 1. The standard InChI is InChI=1S/C29H31ClF4N4O4/c1-26(2)17-9-15(10-18(17)26)37(14-21(39)22-19(30)12-35-13-20(22)31)24(40)16-11-36-38(23(16)29(32,33)34)28-6-3-27(4-7-28,5-8-28)25(41)42/h11-13,15,17-18H,3-10,14H2,1-2H3,(H,41,42)/t15?,17-,18+,27?,28?. The lowest BCUT2D eigenvalue weighted by Crippen LogP contribution is -2.52. The summed E-state index contributed by atoms with van der Waals surface area (Å²) in [6.45, 7) is 3.54. The van der Waals surface area contributed by atoms with Gasteiger partial charge in [-0.3, -0.25) is 24.0 Å². The van der Waals surface area contributed by atoms with Crippen molar-refractivity contribution in [3.05, 3.63) is 46.3 Å². The van der Waals surface area contributed by atoms with Gasteiger partial charge in [0.15, 0.2) is 17.3 Å². The quantitative estimate of drug-likeness (QED) is 0.305. The number of rotatable bonds is 7. The van der Waals surface area contributed by atoms with Crippen LogP contribution in [0.5, 0.6) is 0 Å². The zero-order valence-electron chi connectivity index (χ0n) is 23.2. The largest absolute Gasteiger partial charge is 0.481 e. The number of carbonyl (C=O) groups is 3. The highest BCUT2D eigenvalue weighted by molar-refractivity contribution is 6.34. The molecule has 0 radical (unpaired) electrons. The van der Waals surface area contributed by atoms with Gasteiger partial charge >= 0.3 is 12.1 Å². The number of carboxylic acid groups (broad SMARTS) is 1. The maximum atomic E-state index is 14.8. The van der Waals surface area contributed by atoms with Crippen LogP contribution in [0.3, 0.4) is 0 Å². The molecule has 5 aliphatic carbocycles. The number of hydrogen-bond acceptors (Lipinski definition) is 5. The van der Waals surface area contributed by atoms with E-state index < -0.39 is 70.0 Å². The van der Waals surface area contributed by atoms with Gasteiger partial charge in [-0.1, -0.05) is 25.4 Å². The summed E-state index contributed by atoms with van der Waals surface area (Å²) < 4.78 is 59.7. The van der Waals surface area contributed by atoms with E-state index in [-0.39, 0.29) is 60.8 Å². The van der Waals surface area contributed by atoms with Crippen LogP contribution in [0.25, 0.3) is 0 Å². The Morgan fingerprint density at radius 3 is 2.17 bits per heavy atom. The van der Waals surface area contributed by atoms with Crippen LogP contribution < -0.4 is 0 Å². The van der Waals surface area contributed by atoms with Gasteiger partial charge in [0.2, 0.25) is 0 Å². The third-order valence-corrected chi connectivity index (χ3v) is 11.2. The minimum Gasteiger partial charge on any atom is -0.481 e. The number of alkyl halides is 3. The number of halogens is 5. The van der Waals surface area contributed by atoms with E-state index >= 15 is 0 Å². The Morgan fingerprint density at radius 2 is 1.64 bits per heavy atom. The van der Waals surface area contributed by atoms with Crippen molar-refractivity contribution in [3.63, 3.8) is 0 Å². The summed E-state index contributed by atoms with van der Waals surface area (Å²) >= 11 is 6.04. The van der Waals surface area contributed by atoms with Crippen molar-refractivity contribution in [2.24, 2.45) is 22.7 Å². The number of hydrogen-bond donors (Lipinski definition) is 1. The highest BCUT2D eigenvalue weighted by atomic mass is 35.5. The molecule has 3 atom stereocenters. The predicted octanol–water partition coefficient (Wildman–Crippen LogP) is 5.98. The van der Waals surface area contributed by atoms with Gasteiger partial charge < -0.3 is 10.0 Å². The van der Waals surface area contributed by atoms with E-state index in [1.54, 1.807) is 0 Å². The number of fused-ring (bicyclic) bond motifs is 4. The molecule has 7 rings (SSSR count). The normalized spacial score (nSPS) is 31.1. The fourth-order valence-electron chi connectivity index (χ4n) is 8.11. The van der Waals surface area contributed by atoms with Gasteiger partial charge in [-0.15, -0.1) is 0 Å². The van der Waals surface area contributed by atoms with Gasteiger partial charge in [0.25, 0.3) is 5.91 Å². The van der Waals surface area contributed by atoms with Crippen molar-refractivity contribution in [3.8, 4) is 0 Å². The molecule has 0 spiro atoms. The first-order chi connectivity index (χ1) is 19.6. The smallest absolute Gasteiger partial charge is 0.433 e. The summed E-state index contributed by atoms with van der Waals surface area (Å²) in [7, 11) is 0. The molecule has 226 valence electrons. The van der Waals surface area contributed by atoms with Crippen LogP contribution in [0.4, 0.5) is 17.6 Å². The van der Waals surface area contributed by atoms with Crippen LogP contribution in [-0.4, -0.2) is 55.0 Å². The molecule has 2 aromatic rings. The number of pyridine rings is 1. The number of amides is 1. The highest BCUT2D eigenvalue weighted by Crippen LogP contribution is 2.67. The second-order valence-electron chi connectivity index (χ2n) is 13.1. The van der Waals surface area contributed by atoms with Gasteiger partial charge in [-0.25, -0.2) is 4.39 Å². The SMILES string of the molecule is CC1(C)[C@@H]2CC(N(CC(=O)c3c(F)cncc3Cl)C(=O)c3cnn(C45CCC(C(=O)O)(CC4)CC5)c3C(F)(F)F)C[C@@H]21. The fraction of sp³-hybridized carbons (Fsp3) is 0.621. The summed E-state index contributed by atoms with van der Waals surface area (Å²) in [6.07, 6.45) is 0.150. The van der Waals surface area contributed by atoms with E-state index in [2.05, 4.69) is 23.9 Å². The molecule has 5 fully saturated rings. The van der Waals surface area contributed by atoms with Crippen LogP contribution >= 0.6 is 11.6 Å². The van der Waals surface area contributed by atoms with Crippen molar-refractivity contribution >= 4 is 29.3 Å². The lowest BCUT2D eigenvalue weighted by atomic mass is 9.57. The van der Waals surface area contributed by atoms with E-state index in [1.807, 2.05) is 0 Å². The summed E-state index contributed by atoms with van der Waals surface area (Å²) in [6, 6.07) is -0.517. The minimum atomic E-state index is -4.95. The van der Waals surface area contributed by atoms with Gasteiger partial charge in [0.1, 0.15) is 0 Å². The zero-order valence-corrected chi connectivity index (χ0v) is 23.9. The average Bonchev–Trinajstić information content (AvgIpc) is 3.37. The van der Waals surface area contributed by atoms with Crippen LogP contribution in [0.15, 0.2) is 18.6 Å². The first-order valence-electron chi connectivity index (χ1n) is 14.1. The van der Waals surface area contributed by atoms with E-state index in [4.69, 9.17) is 11.6 Å². The van der Waals surface area contributed by atoms with Crippen molar-refractivity contribution < 1.29 is 37.1 Å². The Morgan fingerprint density at radius 1 is 1.05 bits per heavy atom. The van der Waals surface area contributed by atoms with Crippen LogP contribution in [0, 0.1) is 28.5 Å². The van der Waals surface area contributed by atoms with Gasteiger partial charge in [-0.2, -0.15) is 18.3 Å². The molecular formula is C29H31ClF4N4O4. The predicted molar refractivity (Wildman–Crippen MR) is 141 cm³/mol. The Kier molecular flexibility index (Phi) is 6.57. The van der Waals surface area contributed by atoms with Crippen molar-refractivity contribution in [2.45, 2.75) is 83.0 Å². The molecule has 1 unspecified atom stereocenters. The number of aliphatic carboxylic acids is 1. The lowest BCUT2D eigenvalue weighted by molar-refractivity contribution is -0.163. The third-order valence-electron chi connectivity index (χ3n) is 10.9. The fourth-order valence-corrected chi connectivity index (χ4v) is 8.36.